The Hall–Kier alpha value is 0.128. The first-order valence-electron chi connectivity index (χ1n) is 7.55. The number of aliphatic imine (C=N–C) groups is 2. The highest BCUT2D eigenvalue weighted by Crippen LogP contribution is 2.12. The van der Waals surface area contributed by atoms with Gasteiger partial charge in [-0.3, -0.25) is 9.98 Å². The van der Waals surface area contributed by atoms with Gasteiger partial charge in [-0.05, 0) is 17.7 Å². The van der Waals surface area contributed by atoms with Crippen LogP contribution in [0.25, 0.3) is 0 Å². The molecule has 0 aromatic heterocycles. The van der Waals surface area contributed by atoms with Crippen molar-refractivity contribution in [3.05, 3.63) is 35.9 Å². The minimum atomic E-state index is 1.01. The van der Waals surface area contributed by atoms with Crippen molar-refractivity contribution < 1.29 is 0 Å². The second-order valence-corrected chi connectivity index (χ2v) is 11.4. The van der Waals surface area contributed by atoms with Crippen LogP contribution in [-0.4, -0.2) is 74.1 Å². The van der Waals surface area contributed by atoms with Crippen molar-refractivity contribution in [2.45, 2.75) is 6.92 Å². The molecule has 1 rings (SSSR count). The Morgan fingerprint density at radius 3 is 1.95 bits per heavy atom. The number of thioether (sulfide) groups is 2. The summed E-state index contributed by atoms with van der Waals surface area (Å²) in [5.41, 5.74) is 1.28. The van der Waals surface area contributed by atoms with Gasteiger partial charge in [0.1, 0.15) is 0 Å². The molecule has 8 heteroatoms. The van der Waals surface area contributed by atoms with Crippen LogP contribution in [-0.2, 0) is 0 Å². The van der Waals surface area contributed by atoms with Crippen molar-refractivity contribution in [2.75, 3.05) is 23.1 Å². The molecule has 2 nitrogen and oxygen atoms in total. The fraction of sp³-hybridized carbons (Fsp3) is 0.385. The van der Waals surface area contributed by atoms with Crippen LogP contribution in [0, 0.1) is 0 Å². The van der Waals surface area contributed by atoms with Crippen LogP contribution in [0.3, 0.4) is 0 Å². The van der Waals surface area contributed by atoms with E-state index >= 15 is 0 Å². The molecule has 0 aliphatic rings. The molecule has 1 aromatic rings. The Balaban J connectivity index is 0.000000433. The zero-order chi connectivity index (χ0) is 15.9. The van der Waals surface area contributed by atoms with Crippen LogP contribution < -0.4 is 0 Å². The van der Waals surface area contributed by atoms with E-state index in [9.17, 15) is 0 Å². The quantitative estimate of drug-likeness (QED) is 0.352. The number of benzene rings is 1. The lowest BCUT2D eigenvalue weighted by molar-refractivity contribution is 1.37. The standard InChI is InChI=1S/C9H15NSSi2.C4H13NSSi2/c12-6-10-9(11-7-13)8-4-2-1-3-5-8;1-4(5-2-7)6-3-8/h1-5H,6-7H2,12-13H3;2-3H2,1,7-8H3. The molecule has 0 aliphatic carbocycles. The molecule has 0 radical (unpaired) electrons. The van der Waals surface area contributed by atoms with Gasteiger partial charge in [-0.1, -0.05) is 30.3 Å². The molecule has 0 amide bonds. The summed E-state index contributed by atoms with van der Waals surface area (Å²) in [5.74, 6) is 0. The van der Waals surface area contributed by atoms with E-state index in [0.29, 0.717) is 0 Å². The molecule has 0 bridgehead atoms. The average molecular weight is 389 g/mol. The summed E-state index contributed by atoms with van der Waals surface area (Å²) in [6, 6.07) is 10.5. The van der Waals surface area contributed by atoms with Crippen LogP contribution in [0.2, 0.25) is 0 Å². The van der Waals surface area contributed by atoms with Gasteiger partial charge in [-0.15, -0.1) is 23.5 Å². The van der Waals surface area contributed by atoms with E-state index < -0.39 is 0 Å². The normalized spacial score (nSPS) is 12.4. The molecule has 0 heterocycles. The van der Waals surface area contributed by atoms with Crippen LogP contribution in [0.5, 0.6) is 0 Å². The summed E-state index contributed by atoms with van der Waals surface area (Å²) in [6.07, 6.45) is 2.08. The molecule has 21 heavy (non-hydrogen) atoms. The lowest BCUT2D eigenvalue weighted by atomic mass is 10.2. The lowest BCUT2D eigenvalue weighted by Gasteiger charge is -2.03. The van der Waals surface area contributed by atoms with Gasteiger partial charge in [0.15, 0.2) is 0 Å². The monoisotopic (exact) mass is 388 g/mol. The third kappa shape index (κ3) is 11.4. The van der Waals surface area contributed by atoms with Crippen molar-refractivity contribution in [1.82, 2.24) is 0 Å². The third-order valence-corrected chi connectivity index (χ3v) is 6.46. The molecule has 0 saturated heterocycles. The summed E-state index contributed by atoms with van der Waals surface area (Å²) in [7, 11) is 4.89. The summed E-state index contributed by atoms with van der Waals surface area (Å²) in [5, 5.41) is 5.02. The number of hydrogen-bond donors (Lipinski definition) is 0. The largest absolute Gasteiger partial charge is 0.288 e. The molecular formula is C13H28N2S2Si4. The van der Waals surface area contributed by atoms with Gasteiger partial charge in [0.25, 0.3) is 0 Å². The first kappa shape index (κ1) is 21.1. The molecule has 1 aromatic carbocycles. The van der Waals surface area contributed by atoms with E-state index in [1.165, 1.54) is 57.1 Å². The van der Waals surface area contributed by atoms with Crippen molar-refractivity contribution in [3.8, 4) is 0 Å². The minimum Gasteiger partial charge on any atom is -0.288 e. The maximum absolute atomic E-state index is 4.55. The van der Waals surface area contributed by atoms with Crippen LogP contribution in [0.15, 0.2) is 40.3 Å². The molecule has 0 unspecified atom stereocenters. The number of rotatable bonds is 5. The van der Waals surface area contributed by atoms with E-state index in [2.05, 4.69) is 41.2 Å². The second kappa shape index (κ2) is 15.0. The Labute approximate surface area is 150 Å². The molecule has 0 fully saturated rings. The SMILES string of the molecule is CC(=NC[SiH3])SC[SiH3].[SiH3]CN=C(SC[SiH3])c1ccccc1. The first-order valence-corrected chi connectivity index (χ1v) is 15.2. The molecule has 0 saturated carbocycles. The minimum absolute atomic E-state index is 1.01. The molecule has 0 aliphatic heterocycles. The summed E-state index contributed by atoms with van der Waals surface area (Å²) in [6.45, 7) is 2.10. The maximum atomic E-state index is 4.55. The Morgan fingerprint density at radius 1 is 0.905 bits per heavy atom. The predicted molar refractivity (Wildman–Crippen MR) is 120 cm³/mol. The fourth-order valence-electron chi connectivity index (χ4n) is 1.56. The van der Waals surface area contributed by atoms with Crippen molar-refractivity contribution in [1.29, 1.82) is 0 Å². The predicted octanol–water partition coefficient (Wildman–Crippen LogP) is -1.40. The lowest BCUT2D eigenvalue weighted by Crippen LogP contribution is -1.98. The highest BCUT2D eigenvalue weighted by molar-refractivity contribution is 8.15. The van der Waals surface area contributed by atoms with Crippen LogP contribution in [0.4, 0.5) is 0 Å². The molecule has 0 spiro atoms. The zero-order valence-corrected chi connectivity index (χ0v) is 23.6. The maximum Gasteiger partial charge on any atom is 0.0969 e. The fourth-order valence-corrected chi connectivity index (χ4v) is 6.32. The van der Waals surface area contributed by atoms with E-state index in [1.54, 1.807) is 0 Å². The molecule has 0 N–H and O–H groups in total. The topological polar surface area (TPSA) is 24.7 Å². The van der Waals surface area contributed by atoms with E-state index in [1.807, 2.05) is 29.6 Å². The Bertz CT molecular complexity index is 427. The zero-order valence-electron chi connectivity index (χ0n) is 13.9. The van der Waals surface area contributed by atoms with Gasteiger partial charge < -0.3 is 0 Å². The van der Waals surface area contributed by atoms with E-state index in [4.69, 9.17) is 0 Å². The summed E-state index contributed by atoms with van der Waals surface area (Å²) < 4.78 is 0. The van der Waals surface area contributed by atoms with Crippen molar-refractivity contribution >= 4 is 74.6 Å². The smallest absolute Gasteiger partial charge is 0.0969 e. The first-order chi connectivity index (χ1) is 10.2. The molecule has 118 valence electrons. The van der Waals surface area contributed by atoms with Gasteiger partial charge in [-0.25, -0.2) is 0 Å². The van der Waals surface area contributed by atoms with E-state index in [0.717, 1.165) is 22.6 Å². The highest BCUT2D eigenvalue weighted by Gasteiger charge is 2.00. The van der Waals surface area contributed by atoms with Gasteiger partial charge >= 0.3 is 0 Å². The van der Waals surface area contributed by atoms with Crippen LogP contribution >= 0.6 is 23.5 Å². The highest BCUT2D eigenvalue weighted by atomic mass is 32.2. The number of nitrogens with zero attached hydrogens (tertiary/aromatic N) is 2. The van der Waals surface area contributed by atoms with Crippen molar-refractivity contribution in [3.63, 3.8) is 0 Å². The summed E-state index contributed by atoms with van der Waals surface area (Å²) in [4.78, 5) is 8.83. The van der Waals surface area contributed by atoms with E-state index in [-0.39, 0.29) is 0 Å². The second-order valence-electron chi connectivity index (χ2n) is 4.00. The molecular weight excluding hydrogens is 361 g/mol. The van der Waals surface area contributed by atoms with Crippen molar-refractivity contribution in [2.24, 2.45) is 9.98 Å². The Morgan fingerprint density at radius 2 is 1.48 bits per heavy atom. The molecule has 0 atom stereocenters. The van der Waals surface area contributed by atoms with Gasteiger partial charge in [0, 0.05) is 58.9 Å². The van der Waals surface area contributed by atoms with Gasteiger partial charge in [0.05, 0.1) is 10.1 Å². The van der Waals surface area contributed by atoms with Gasteiger partial charge in [0.2, 0.25) is 0 Å². The Kier molecular flexibility index (Phi) is 15.1. The third-order valence-electron chi connectivity index (χ3n) is 2.34. The van der Waals surface area contributed by atoms with Gasteiger partial charge in [-0.2, -0.15) is 0 Å². The number of hydrogen-bond acceptors (Lipinski definition) is 4. The van der Waals surface area contributed by atoms with Crippen LogP contribution in [0.1, 0.15) is 12.5 Å². The average Bonchev–Trinajstić information content (AvgIpc) is 2.49. The summed E-state index contributed by atoms with van der Waals surface area (Å²) >= 11 is 3.78.